The molecule has 0 aromatic rings. The van der Waals surface area contributed by atoms with Gasteiger partial charge >= 0.3 is 0 Å². The van der Waals surface area contributed by atoms with Crippen LogP contribution in [0.4, 0.5) is 0 Å². The highest BCUT2D eigenvalue weighted by Gasteiger charge is 2.14. The molecule has 0 bridgehead atoms. The zero-order valence-electron chi connectivity index (χ0n) is 10.5. The average Bonchev–Trinajstić information content (AvgIpc) is 2.30. The third-order valence-electron chi connectivity index (χ3n) is 3.31. The average molecular weight is 213 g/mol. The van der Waals surface area contributed by atoms with Gasteiger partial charge in [0.25, 0.3) is 0 Å². The molecular formula is C12H27N3. The van der Waals surface area contributed by atoms with Crippen LogP contribution >= 0.6 is 0 Å². The Morgan fingerprint density at radius 1 is 0.933 bits per heavy atom. The minimum atomic E-state index is 1.17. The van der Waals surface area contributed by atoms with E-state index in [-0.39, 0.29) is 0 Å². The maximum absolute atomic E-state index is 3.20. The molecule has 0 saturated carbocycles. The van der Waals surface area contributed by atoms with Gasteiger partial charge in [-0.2, -0.15) is 0 Å². The molecular weight excluding hydrogens is 186 g/mol. The number of hydrogen-bond donors (Lipinski definition) is 1. The predicted molar refractivity (Wildman–Crippen MR) is 66.3 cm³/mol. The van der Waals surface area contributed by atoms with Crippen molar-refractivity contribution in [3.63, 3.8) is 0 Å². The van der Waals surface area contributed by atoms with Crippen LogP contribution in [0.1, 0.15) is 26.2 Å². The smallest absolute Gasteiger partial charge is 0.0110 e. The summed E-state index contributed by atoms with van der Waals surface area (Å²) in [6.45, 7) is 11.0. The zero-order chi connectivity index (χ0) is 10.9. The maximum atomic E-state index is 3.20. The van der Waals surface area contributed by atoms with Crippen molar-refractivity contribution in [1.82, 2.24) is 15.1 Å². The van der Waals surface area contributed by atoms with Crippen LogP contribution in [0.2, 0.25) is 0 Å². The van der Waals surface area contributed by atoms with Crippen LogP contribution in [0.15, 0.2) is 0 Å². The van der Waals surface area contributed by atoms with Crippen LogP contribution < -0.4 is 5.32 Å². The number of nitrogens with zero attached hydrogens (tertiary/aromatic N) is 2. The van der Waals surface area contributed by atoms with Gasteiger partial charge in [0, 0.05) is 26.2 Å². The Labute approximate surface area is 94.8 Å². The lowest BCUT2D eigenvalue weighted by atomic mass is 10.2. The summed E-state index contributed by atoms with van der Waals surface area (Å²) in [6.07, 6.45) is 4.06. The molecule has 0 atom stereocenters. The molecule has 3 heteroatoms. The number of rotatable bonds is 7. The summed E-state index contributed by atoms with van der Waals surface area (Å²) in [4.78, 5) is 5.16. The van der Waals surface area contributed by atoms with E-state index in [9.17, 15) is 0 Å². The number of hydrogen-bond acceptors (Lipinski definition) is 3. The molecule has 1 fully saturated rings. The highest BCUT2D eigenvalue weighted by molar-refractivity contribution is 4.70. The van der Waals surface area contributed by atoms with E-state index in [1.54, 1.807) is 0 Å². The number of nitrogens with one attached hydrogen (secondary N) is 1. The van der Waals surface area contributed by atoms with Crippen molar-refractivity contribution in [2.45, 2.75) is 26.2 Å². The first-order valence-electron chi connectivity index (χ1n) is 6.46. The molecule has 0 spiro atoms. The Morgan fingerprint density at radius 2 is 1.60 bits per heavy atom. The van der Waals surface area contributed by atoms with Gasteiger partial charge in [-0.15, -0.1) is 0 Å². The normalized spacial score (nSPS) is 19.6. The summed E-state index contributed by atoms with van der Waals surface area (Å²) in [7, 11) is 2.03. The lowest BCUT2D eigenvalue weighted by Gasteiger charge is -2.33. The van der Waals surface area contributed by atoms with Gasteiger partial charge in [0.15, 0.2) is 0 Å². The summed E-state index contributed by atoms with van der Waals surface area (Å²) in [5.41, 5.74) is 0. The zero-order valence-corrected chi connectivity index (χ0v) is 10.5. The Hall–Kier alpha value is -0.120. The van der Waals surface area contributed by atoms with Crippen LogP contribution in [0.5, 0.6) is 0 Å². The molecule has 0 unspecified atom stereocenters. The highest BCUT2D eigenvalue weighted by Crippen LogP contribution is 2.03. The van der Waals surface area contributed by atoms with E-state index in [0.717, 1.165) is 0 Å². The summed E-state index contributed by atoms with van der Waals surface area (Å²) in [6, 6.07) is 0. The van der Waals surface area contributed by atoms with E-state index in [0.29, 0.717) is 0 Å². The second kappa shape index (κ2) is 8.08. The molecule has 3 nitrogen and oxygen atoms in total. The lowest BCUT2D eigenvalue weighted by Crippen LogP contribution is -2.46. The van der Waals surface area contributed by atoms with Crippen molar-refractivity contribution in [3.8, 4) is 0 Å². The first-order chi connectivity index (χ1) is 7.36. The molecule has 1 rings (SSSR count). The second-order valence-electron chi connectivity index (χ2n) is 4.44. The second-order valence-corrected chi connectivity index (χ2v) is 4.44. The third-order valence-corrected chi connectivity index (χ3v) is 3.31. The number of unbranched alkanes of at least 4 members (excludes halogenated alkanes) is 2. The van der Waals surface area contributed by atoms with Crippen molar-refractivity contribution in [2.75, 3.05) is 52.9 Å². The Kier molecular flexibility index (Phi) is 6.98. The van der Waals surface area contributed by atoms with Crippen LogP contribution in [-0.2, 0) is 0 Å². The van der Waals surface area contributed by atoms with Gasteiger partial charge in [0.2, 0.25) is 0 Å². The predicted octanol–water partition coefficient (Wildman–Crippen LogP) is 1.01. The Morgan fingerprint density at radius 3 is 2.20 bits per heavy atom. The van der Waals surface area contributed by atoms with E-state index >= 15 is 0 Å². The van der Waals surface area contributed by atoms with Crippen molar-refractivity contribution in [2.24, 2.45) is 0 Å². The van der Waals surface area contributed by atoms with E-state index in [1.165, 1.54) is 65.1 Å². The maximum Gasteiger partial charge on any atom is 0.0110 e. The summed E-state index contributed by atoms with van der Waals surface area (Å²) in [5, 5.41) is 3.20. The lowest BCUT2D eigenvalue weighted by molar-refractivity contribution is 0.135. The number of piperazine rings is 1. The van der Waals surface area contributed by atoms with Crippen LogP contribution in [0.25, 0.3) is 0 Å². The van der Waals surface area contributed by atoms with Gasteiger partial charge in [0.05, 0.1) is 0 Å². The van der Waals surface area contributed by atoms with Gasteiger partial charge in [-0.05, 0) is 39.5 Å². The van der Waals surface area contributed by atoms with Gasteiger partial charge in [-0.1, -0.05) is 13.3 Å². The fourth-order valence-corrected chi connectivity index (χ4v) is 2.14. The molecule has 0 radical (unpaired) electrons. The molecule has 0 aromatic carbocycles. The fraction of sp³-hybridized carbons (Fsp3) is 1.00. The van der Waals surface area contributed by atoms with Crippen LogP contribution in [-0.4, -0.2) is 62.7 Å². The molecule has 1 N–H and O–H groups in total. The van der Waals surface area contributed by atoms with Crippen molar-refractivity contribution in [1.29, 1.82) is 0 Å². The molecule has 90 valence electrons. The van der Waals surface area contributed by atoms with Crippen LogP contribution in [0, 0.1) is 0 Å². The van der Waals surface area contributed by atoms with Gasteiger partial charge in [0.1, 0.15) is 0 Å². The van der Waals surface area contributed by atoms with Crippen LogP contribution in [0.3, 0.4) is 0 Å². The highest BCUT2D eigenvalue weighted by atomic mass is 15.3. The van der Waals surface area contributed by atoms with Crippen molar-refractivity contribution >= 4 is 0 Å². The standard InChI is InChI=1S/C12H27N3/c1-3-14-9-11-15(12-10-14)8-6-4-5-7-13-2/h13H,3-12H2,1-2H3. The van der Waals surface area contributed by atoms with E-state index in [2.05, 4.69) is 22.0 Å². The topological polar surface area (TPSA) is 18.5 Å². The molecule has 15 heavy (non-hydrogen) atoms. The Bertz CT molecular complexity index is 142. The minimum Gasteiger partial charge on any atom is -0.320 e. The van der Waals surface area contributed by atoms with E-state index in [1.807, 2.05) is 7.05 Å². The SMILES string of the molecule is CCN1CCN(CCCCCNC)CC1. The molecule has 1 aliphatic heterocycles. The summed E-state index contributed by atoms with van der Waals surface area (Å²) in [5.74, 6) is 0. The van der Waals surface area contributed by atoms with E-state index in [4.69, 9.17) is 0 Å². The summed E-state index contributed by atoms with van der Waals surface area (Å²) < 4.78 is 0. The van der Waals surface area contributed by atoms with Crippen molar-refractivity contribution < 1.29 is 0 Å². The first-order valence-corrected chi connectivity index (χ1v) is 6.46. The minimum absolute atomic E-state index is 1.17. The molecule has 0 amide bonds. The summed E-state index contributed by atoms with van der Waals surface area (Å²) >= 11 is 0. The first kappa shape index (κ1) is 12.9. The fourth-order valence-electron chi connectivity index (χ4n) is 2.14. The van der Waals surface area contributed by atoms with Gasteiger partial charge in [-0.25, -0.2) is 0 Å². The molecule has 1 aliphatic rings. The molecule has 0 aliphatic carbocycles. The largest absolute Gasteiger partial charge is 0.320 e. The monoisotopic (exact) mass is 213 g/mol. The van der Waals surface area contributed by atoms with E-state index < -0.39 is 0 Å². The molecule has 0 aromatic heterocycles. The third kappa shape index (κ3) is 5.50. The van der Waals surface area contributed by atoms with Crippen molar-refractivity contribution in [3.05, 3.63) is 0 Å². The van der Waals surface area contributed by atoms with Gasteiger partial charge in [-0.3, -0.25) is 0 Å². The Balaban J connectivity index is 1.94. The molecule has 1 saturated heterocycles. The molecule has 1 heterocycles. The quantitative estimate of drug-likeness (QED) is 0.637. The van der Waals surface area contributed by atoms with Gasteiger partial charge < -0.3 is 15.1 Å². The number of likely N-dealkylation sites (N-methyl/N-ethyl adjacent to an activating group) is 1.